The van der Waals surface area contributed by atoms with E-state index in [0.717, 1.165) is 0 Å². The van der Waals surface area contributed by atoms with Crippen molar-refractivity contribution in [2.75, 3.05) is 0 Å². The summed E-state index contributed by atoms with van der Waals surface area (Å²) in [4.78, 5) is 0. The first-order chi connectivity index (χ1) is 0. The second kappa shape index (κ2) is 30.6. The zero-order valence-corrected chi connectivity index (χ0v) is 7.74. The third-order valence-electron chi connectivity index (χ3n) is 0. The Morgan fingerprint density at radius 3 is 1.00 bits per heavy atom. The van der Waals surface area contributed by atoms with Crippen molar-refractivity contribution in [2.45, 2.75) is 0 Å². The van der Waals surface area contributed by atoms with E-state index in [1.165, 1.54) is 0 Å². The zero-order chi connectivity index (χ0) is 0. The van der Waals surface area contributed by atoms with E-state index >= 15 is 0 Å². The van der Waals surface area contributed by atoms with Crippen LogP contribution in [0.4, 0.5) is 0 Å². The quantitative estimate of drug-likeness (QED) is 0.512. The fourth-order valence-corrected chi connectivity index (χ4v) is 0. The molecule has 0 amide bonds. The Bertz CT molecular complexity index is 11.6. The van der Waals surface area contributed by atoms with Crippen LogP contribution in [-0.2, 0) is 68.0 Å². The minimum atomic E-state index is 0. The molecular weight excluding hydrogens is 248 g/mol. The van der Waals surface area contributed by atoms with Crippen molar-refractivity contribution in [1.82, 2.24) is 0 Å². The summed E-state index contributed by atoms with van der Waals surface area (Å²) >= 11 is 0. The summed E-state index contributed by atoms with van der Waals surface area (Å²) in [7, 11) is 0. The smallest absolute Gasteiger partial charge is 0 e. The van der Waals surface area contributed by atoms with E-state index in [-0.39, 0.29) is 85.4 Å². The molecule has 0 aromatic rings. The Labute approximate surface area is 84.4 Å². The fourth-order valence-electron chi connectivity index (χ4n) is 0. The van der Waals surface area contributed by atoms with Gasteiger partial charge in [-0.3, -0.25) is 0 Å². The van der Waals surface area contributed by atoms with Gasteiger partial charge in [0.05, 0.1) is 0 Å². The van der Waals surface area contributed by atoms with E-state index in [1.54, 1.807) is 0 Å². The van der Waals surface area contributed by atoms with Crippen LogP contribution in [0.25, 0.3) is 0 Å². The average molecular weight is 248 g/mol. The molecule has 4 radical (unpaired) electrons. The minimum absolute atomic E-state index is 0. The molecule has 0 saturated carbocycles. The van der Waals surface area contributed by atoms with Crippen molar-refractivity contribution >= 4 is 17.4 Å². The molecule has 0 aliphatic carbocycles. The molecule has 0 N–H and O–H groups in total. The summed E-state index contributed by atoms with van der Waals surface area (Å²) in [5, 5.41) is 0. The van der Waals surface area contributed by atoms with Gasteiger partial charge in [0.2, 0.25) is 0 Å². The molecule has 0 bridgehead atoms. The van der Waals surface area contributed by atoms with Crippen molar-refractivity contribution in [3.8, 4) is 0 Å². The Morgan fingerprint density at radius 1 is 1.00 bits per heavy atom. The average Bonchev–Trinajstić information content (AvgIpc) is 0. The zero-order valence-electron chi connectivity index (χ0n) is 2.03. The van der Waals surface area contributed by atoms with Crippen LogP contribution in [0.3, 0.4) is 0 Å². The number of hydrogen-bond donors (Lipinski definition) is 0. The van der Waals surface area contributed by atoms with Crippen molar-refractivity contribution in [2.24, 2.45) is 0 Å². The van der Waals surface area contributed by atoms with Crippen molar-refractivity contribution in [3.05, 3.63) is 0 Å². The van der Waals surface area contributed by atoms with Gasteiger partial charge < -0.3 is 0 Å². The van der Waals surface area contributed by atoms with Crippen LogP contribution in [0.5, 0.6) is 0 Å². The van der Waals surface area contributed by atoms with Gasteiger partial charge in [-0.1, -0.05) is 0 Å². The van der Waals surface area contributed by atoms with E-state index in [0.29, 0.717) is 0 Å². The van der Waals surface area contributed by atoms with Crippen LogP contribution >= 0.6 is 0 Å². The van der Waals surface area contributed by atoms with Gasteiger partial charge in [-0.15, -0.1) is 0 Å². The van der Waals surface area contributed by atoms with Crippen LogP contribution in [0.2, 0.25) is 0 Å². The first-order valence-corrected chi connectivity index (χ1v) is 0. The van der Waals surface area contributed by atoms with Gasteiger partial charge in [-0.05, 0) is 0 Å². The molecule has 5 heavy (non-hydrogen) atoms. The molecule has 0 aromatic carbocycles. The number of rotatable bonds is 0. The van der Waals surface area contributed by atoms with Crippen molar-refractivity contribution < 1.29 is 68.0 Å². The normalized spacial score (nSPS) is 0. The van der Waals surface area contributed by atoms with Gasteiger partial charge in [-0.2, -0.15) is 0 Å². The molecule has 0 aromatic heterocycles. The summed E-state index contributed by atoms with van der Waals surface area (Å²) < 4.78 is 0. The molecule has 0 unspecified atom stereocenters. The van der Waals surface area contributed by atoms with Gasteiger partial charge in [-0.25, -0.2) is 0 Å². The molecule has 5 heteroatoms. The minimum Gasteiger partial charge on any atom is 0 e. The van der Waals surface area contributed by atoms with E-state index in [4.69, 9.17) is 0 Å². The predicted octanol–water partition coefficient (Wildman–Crippen LogP) is -0.391. The Hall–Kier alpha value is 2.60. The standard InChI is InChI=1S/Al.Cr.Fe.Mn.Ni. The molecule has 0 spiro atoms. The summed E-state index contributed by atoms with van der Waals surface area (Å²) in [6.45, 7) is 0. The molecule has 0 atom stereocenters. The Balaban J connectivity index is 0. The predicted molar refractivity (Wildman–Crippen MR) is 5.75 cm³/mol. The van der Waals surface area contributed by atoms with E-state index in [1.807, 2.05) is 0 Å². The molecule has 0 aliphatic heterocycles. The SMILES string of the molecule is [Al].[Cr].[Fe].[Mn].[Ni]. The van der Waals surface area contributed by atoms with Crippen LogP contribution < -0.4 is 0 Å². The Morgan fingerprint density at radius 2 is 1.00 bits per heavy atom. The molecule has 0 heterocycles. The molecule has 34 valence electrons. The maximum Gasteiger partial charge on any atom is 0 e. The summed E-state index contributed by atoms with van der Waals surface area (Å²) in [5.41, 5.74) is 0. The van der Waals surface area contributed by atoms with Gasteiger partial charge in [0, 0.05) is 85.4 Å². The second-order valence-corrected chi connectivity index (χ2v) is 0. The fraction of sp³-hybridized carbons (Fsp3) is 0. The first kappa shape index (κ1) is 49.0. The topological polar surface area (TPSA) is 0 Å². The van der Waals surface area contributed by atoms with Crippen LogP contribution in [-0.4, -0.2) is 17.4 Å². The van der Waals surface area contributed by atoms with Crippen LogP contribution in [0.15, 0.2) is 0 Å². The van der Waals surface area contributed by atoms with Crippen molar-refractivity contribution in [3.63, 3.8) is 0 Å². The van der Waals surface area contributed by atoms with Crippen LogP contribution in [0, 0.1) is 0 Å². The van der Waals surface area contributed by atoms with Gasteiger partial charge >= 0.3 is 0 Å². The maximum absolute atomic E-state index is 0. The second-order valence-electron chi connectivity index (χ2n) is 0. The first-order valence-electron chi connectivity index (χ1n) is 0. The summed E-state index contributed by atoms with van der Waals surface area (Å²) in [5.74, 6) is 0. The largest absolute Gasteiger partial charge is 0 e. The van der Waals surface area contributed by atoms with Crippen LogP contribution in [0.1, 0.15) is 0 Å². The molecule has 0 saturated heterocycles. The van der Waals surface area contributed by atoms with E-state index in [9.17, 15) is 0 Å². The summed E-state index contributed by atoms with van der Waals surface area (Å²) in [6, 6.07) is 0. The van der Waals surface area contributed by atoms with E-state index < -0.39 is 0 Å². The summed E-state index contributed by atoms with van der Waals surface area (Å²) in [6.07, 6.45) is 0. The van der Waals surface area contributed by atoms with Gasteiger partial charge in [0.1, 0.15) is 0 Å². The molecule has 0 aliphatic rings. The molecular formula is AlCrFeMnNi. The third-order valence-corrected chi connectivity index (χ3v) is 0. The third kappa shape index (κ3) is 20.7. The van der Waals surface area contributed by atoms with Gasteiger partial charge in [0.15, 0.2) is 0 Å². The number of hydrogen-bond acceptors (Lipinski definition) is 0. The monoisotopic (exact) mass is 248 g/mol. The van der Waals surface area contributed by atoms with E-state index in [2.05, 4.69) is 0 Å². The molecule has 0 rings (SSSR count). The van der Waals surface area contributed by atoms with Gasteiger partial charge in [0.25, 0.3) is 0 Å². The van der Waals surface area contributed by atoms with Crippen molar-refractivity contribution in [1.29, 1.82) is 0 Å². The Kier molecular flexibility index (Phi) is 300. The molecule has 0 fully saturated rings. The maximum atomic E-state index is 0. The molecule has 0 nitrogen and oxygen atoms in total.